The second-order valence-corrected chi connectivity index (χ2v) is 6.63. The van der Waals surface area contributed by atoms with E-state index in [1.807, 2.05) is 24.3 Å². The van der Waals surface area contributed by atoms with Gasteiger partial charge in [0.2, 0.25) is 0 Å². The number of hydrogen-bond donors (Lipinski definition) is 1. The Morgan fingerprint density at radius 2 is 1.96 bits per heavy atom. The number of hydrogen-bond acceptors (Lipinski definition) is 5. The molecule has 1 aliphatic heterocycles. The normalized spacial score (nSPS) is 30.0. The highest BCUT2D eigenvalue weighted by Crippen LogP contribution is 2.52. The van der Waals surface area contributed by atoms with Gasteiger partial charge in [0.25, 0.3) is 0 Å². The lowest BCUT2D eigenvalue weighted by Gasteiger charge is -2.33. The number of aliphatic hydroxyl groups is 1. The Hall–Kier alpha value is -2.24. The first-order valence-corrected chi connectivity index (χ1v) is 8.67. The smallest absolute Gasteiger partial charge is 0.161 e. The van der Waals surface area contributed by atoms with E-state index < -0.39 is 11.7 Å². The Balaban J connectivity index is 2.01. The van der Waals surface area contributed by atoms with Crippen molar-refractivity contribution in [3.05, 3.63) is 59.9 Å². The van der Waals surface area contributed by atoms with E-state index in [1.165, 1.54) is 0 Å². The van der Waals surface area contributed by atoms with Crippen LogP contribution in [0.25, 0.3) is 0 Å². The predicted octanol–water partition coefficient (Wildman–Crippen LogP) is 3.56. The number of aliphatic hydroxyl groups excluding tert-OH is 1. The highest BCUT2D eigenvalue weighted by molar-refractivity contribution is 5.46. The molecule has 1 saturated heterocycles. The van der Waals surface area contributed by atoms with Crippen molar-refractivity contribution in [2.75, 3.05) is 21.3 Å². The summed E-state index contributed by atoms with van der Waals surface area (Å²) in [6.45, 7) is 5.86. The summed E-state index contributed by atoms with van der Waals surface area (Å²) in [5.74, 6) is 1.97. The van der Waals surface area contributed by atoms with Gasteiger partial charge in [0, 0.05) is 13.0 Å². The van der Waals surface area contributed by atoms with E-state index in [2.05, 4.69) is 13.5 Å². The topological polar surface area (TPSA) is 57.2 Å². The average Bonchev–Trinajstić information content (AvgIpc) is 2.94. The molecule has 1 aromatic carbocycles. The summed E-state index contributed by atoms with van der Waals surface area (Å²) in [7, 11) is 4.89. The number of rotatable bonds is 6. The Kier molecular flexibility index (Phi) is 5.12. The maximum atomic E-state index is 10.4. The summed E-state index contributed by atoms with van der Waals surface area (Å²) in [5, 5.41) is 10.4. The fraction of sp³-hybridized carbons (Fsp3) is 0.429. The van der Waals surface area contributed by atoms with E-state index in [1.54, 1.807) is 33.5 Å². The van der Waals surface area contributed by atoms with Crippen molar-refractivity contribution in [1.29, 1.82) is 0 Å². The van der Waals surface area contributed by atoms with Crippen LogP contribution in [0.5, 0.6) is 11.5 Å². The zero-order valence-electron chi connectivity index (χ0n) is 15.7. The third-order valence-corrected chi connectivity index (χ3v) is 5.31. The molecule has 0 spiro atoms. The van der Waals surface area contributed by atoms with Crippen molar-refractivity contribution >= 4 is 0 Å². The number of methoxy groups -OCH3 is 3. The van der Waals surface area contributed by atoms with Gasteiger partial charge in [-0.2, -0.15) is 0 Å². The molecular formula is C21H26O5. The molecular weight excluding hydrogens is 332 g/mol. The molecule has 140 valence electrons. The number of allylic oxidation sites excluding steroid dienone is 1. The predicted molar refractivity (Wildman–Crippen MR) is 99.3 cm³/mol. The first-order valence-electron chi connectivity index (χ1n) is 8.67. The minimum absolute atomic E-state index is 0.00386. The van der Waals surface area contributed by atoms with Crippen LogP contribution in [0.3, 0.4) is 0 Å². The minimum Gasteiger partial charge on any atom is -0.493 e. The van der Waals surface area contributed by atoms with Crippen LogP contribution in [0.2, 0.25) is 0 Å². The molecule has 1 N–H and O–H groups in total. The molecule has 5 heteroatoms. The van der Waals surface area contributed by atoms with Crippen molar-refractivity contribution in [2.45, 2.75) is 31.2 Å². The van der Waals surface area contributed by atoms with Gasteiger partial charge in [-0.3, -0.25) is 0 Å². The number of benzene rings is 1. The molecule has 4 atom stereocenters. The van der Waals surface area contributed by atoms with Crippen LogP contribution in [0.15, 0.2) is 54.3 Å². The van der Waals surface area contributed by atoms with Crippen LogP contribution in [0.4, 0.5) is 0 Å². The van der Waals surface area contributed by atoms with E-state index in [0.29, 0.717) is 23.7 Å². The highest BCUT2D eigenvalue weighted by Gasteiger charge is 2.53. The highest BCUT2D eigenvalue weighted by atomic mass is 16.6. The molecule has 2 aliphatic rings. The van der Waals surface area contributed by atoms with E-state index in [0.717, 1.165) is 11.1 Å². The summed E-state index contributed by atoms with van der Waals surface area (Å²) in [6.07, 6.45) is 5.18. The van der Waals surface area contributed by atoms with Crippen molar-refractivity contribution < 1.29 is 24.1 Å². The molecule has 0 aromatic heterocycles. The molecule has 0 saturated carbocycles. The van der Waals surface area contributed by atoms with Gasteiger partial charge in [-0.15, -0.1) is 6.58 Å². The van der Waals surface area contributed by atoms with E-state index in [-0.39, 0.29) is 12.0 Å². The molecule has 1 aromatic rings. The van der Waals surface area contributed by atoms with Gasteiger partial charge >= 0.3 is 0 Å². The third kappa shape index (κ3) is 2.81. The summed E-state index contributed by atoms with van der Waals surface area (Å²) < 4.78 is 22.9. The molecule has 0 radical (unpaired) electrons. The number of ether oxygens (including phenoxy) is 4. The van der Waals surface area contributed by atoms with Gasteiger partial charge in [-0.25, -0.2) is 0 Å². The fourth-order valence-electron chi connectivity index (χ4n) is 3.84. The van der Waals surface area contributed by atoms with Gasteiger partial charge in [0.15, 0.2) is 11.5 Å². The second-order valence-electron chi connectivity index (χ2n) is 6.63. The molecule has 0 amide bonds. The number of fused-ring (bicyclic) bond motifs is 1. The zero-order chi connectivity index (χ0) is 18.9. The zero-order valence-corrected chi connectivity index (χ0v) is 15.7. The van der Waals surface area contributed by atoms with Gasteiger partial charge in [0.1, 0.15) is 17.5 Å². The van der Waals surface area contributed by atoms with Gasteiger partial charge < -0.3 is 24.1 Å². The molecule has 1 heterocycles. The maximum Gasteiger partial charge on any atom is 0.161 e. The molecule has 1 fully saturated rings. The van der Waals surface area contributed by atoms with E-state index in [9.17, 15) is 5.11 Å². The molecule has 1 aliphatic carbocycles. The summed E-state index contributed by atoms with van der Waals surface area (Å²) >= 11 is 0. The maximum absolute atomic E-state index is 10.4. The van der Waals surface area contributed by atoms with Gasteiger partial charge in [-0.1, -0.05) is 19.1 Å². The van der Waals surface area contributed by atoms with Crippen LogP contribution < -0.4 is 9.47 Å². The second kappa shape index (κ2) is 7.17. The minimum atomic E-state index is -0.699. The van der Waals surface area contributed by atoms with Crippen LogP contribution in [0.1, 0.15) is 25.0 Å². The van der Waals surface area contributed by atoms with Crippen LogP contribution in [-0.2, 0) is 9.47 Å². The molecule has 26 heavy (non-hydrogen) atoms. The molecule has 1 unspecified atom stereocenters. The van der Waals surface area contributed by atoms with Crippen LogP contribution in [-0.4, -0.2) is 38.1 Å². The largest absolute Gasteiger partial charge is 0.493 e. The quantitative estimate of drug-likeness (QED) is 0.788. The lowest BCUT2D eigenvalue weighted by molar-refractivity contribution is 0.0254. The standard InChI is InChI=1S/C21H26O5/c1-6-7-15-12-21(25-5)13(2)20(26-19(21)11-16(15)22)14-8-9-17(23-3)18(10-14)24-4/h6,8-13,16,20,22H,1,7H2,2-5H3/t13-,16?,20+,21+/m1/s1. The Bertz CT molecular complexity index is 751. The molecule has 3 rings (SSSR count). The first kappa shape index (κ1) is 18.5. The first-order chi connectivity index (χ1) is 12.5. The van der Waals surface area contributed by atoms with E-state index >= 15 is 0 Å². The molecule has 5 nitrogen and oxygen atoms in total. The van der Waals surface area contributed by atoms with Crippen molar-refractivity contribution in [1.82, 2.24) is 0 Å². The summed E-state index contributed by atoms with van der Waals surface area (Å²) in [5.41, 5.74) is 1.14. The monoisotopic (exact) mass is 358 g/mol. The lowest BCUT2D eigenvalue weighted by atomic mass is 9.78. The molecule has 0 bridgehead atoms. The third-order valence-electron chi connectivity index (χ3n) is 5.31. The van der Waals surface area contributed by atoms with Gasteiger partial charge in [-0.05, 0) is 41.8 Å². The lowest BCUT2D eigenvalue weighted by Crippen LogP contribution is -2.39. The Morgan fingerprint density at radius 3 is 2.58 bits per heavy atom. The average molecular weight is 358 g/mol. The Morgan fingerprint density at radius 1 is 1.23 bits per heavy atom. The summed E-state index contributed by atoms with van der Waals surface area (Å²) in [6, 6.07) is 5.76. The van der Waals surface area contributed by atoms with E-state index in [4.69, 9.17) is 18.9 Å². The Labute approximate surface area is 154 Å². The SMILES string of the molecule is C=CCC1=C[C@@]2(OC)C(=CC1O)O[C@H](c1ccc(OC)c(OC)c1)[C@H]2C. The van der Waals surface area contributed by atoms with Gasteiger partial charge in [0.05, 0.1) is 20.3 Å². The van der Waals surface area contributed by atoms with Crippen molar-refractivity contribution in [3.63, 3.8) is 0 Å². The van der Waals surface area contributed by atoms with Crippen molar-refractivity contribution in [3.8, 4) is 11.5 Å². The summed E-state index contributed by atoms with van der Waals surface area (Å²) in [4.78, 5) is 0. The van der Waals surface area contributed by atoms with Crippen LogP contribution in [0, 0.1) is 5.92 Å². The van der Waals surface area contributed by atoms with Crippen molar-refractivity contribution in [2.24, 2.45) is 5.92 Å². The fourth-order valence-corrected chi connectivity index (χ4v) is 3.84. The van der Waals surface area contributed by atoms with Crippen LogP contribution >= 0.6 is 0 Å².